The lowest BCUT2D eigenvalue weighted by Crippen LogP contribution is -2.45. The van der Waals surface area contributed by atoms with Crippen LogP contribution in [0.5, 0.6) is 0 Å². The number of nitrogen functional groups attached to an aromatic ring is 1. The van der Waals surface area contributed by atoms with Gasteiger partial charge in [0.15, 0.2) is 5.65 Å². The van der Waals surface area contributed by atoms with E-state index in [1.807, 2.05) is 28.9 Å². The molecule has 3 aromatic rings. The van der Waals surface area contributed by atoms with Gasteiger partial charge in [-0.05, 0) is 19.2 Å². The molecule has 1 saturated heterocycles. The predicted octanol–water partition coefficient (Wildman–Crippen LogP) is 2.22. The minimum atomic E-state index is 0.322. The molecule has 22 heavy (non-hydrogen) atoms. The summed E-state index contributed by atoms with van der Waals surface area (Å²) in [5, 5.41) is 6.27. The van der Waals surface area contributed by atoms with Crippen molar-refractivity contribution in [3.05, 3.63) is 35.6 Å². The van der Waals surface area contributed by atoms with Crippen LogP contribution in [0.25, 0.3) is 22.3 Å². The highest BCUT2D eigenvalue weighted by Crippen LogP contribution is 2.33. The van der Waals surface area contributed by atoms with Gasteiger partial charge in [-0.15, -0.1) is 0 Å². The Balaban J connectivity index is 1.92. The number of likely N-dealkylation sites (tertiary alicyclic amines) is 1. The highest BCUT2D eigenvalue weighted by molar-refractivity contribution is 6.30. The molecule has 2 aromatic heterocycles. The maximum absolute atomic E-state index is 6.08. The van der Waals surface area contributed by atoms with E-state index in [0.717, 1.165) is 35.4 Å². The van der Waals surface area contributed by atoms with E-state index in [-0.39, 0.29) is 0 Å². The van der Waals surface area contributed by atoms with Crippen molar-refractivity contribution < 1.29 is 0 Å². The van der Waals surface area contributed by atoms with Gasteiger partial charge in [0.2, 0.25) is 0 Å². The van der Waals surface area contributed by atoms with Gasteiger partial charge in [0, 0.05) is 23.7 Å². The van der Waals surface area contributed by atoms with Crippen LogP contribution in [-0.2, 0) is 0 Å². The fourth-order valence-corrected chi connectivity index (χ4v) is 3.01. The zero-order valence-electron chi connectivity index (χ0n) is 12.1. The topological polar surface area (TPSA) is 72.9 Å². The Kier molecular flexibility index (Phi) is 3.02. The van der Waals surface area contributed by atoms with E-state index >= 15 is 0 Å². The fraction of sp³-hybridized carbons (Fsp3) is 0.267. The summed E-state index contributed by atoms with van der Waals surface area (Å²) in [5.41, 5.74) is 8.64. The normalized spacial score (nSPS) is 16.1. The maximum Gasteiger partial charge on any atom is 0.164 e. The minimum Gasteiger partial charge on any atom is -0.383 e. The fourth-order valence-electron chi connectivity index (χ4n) is 2.88. The number of anilines is 1. The van der Waals surface area contributed by atoms with E-state index in [1.165, 1.54) is 6.33 Å². The summed E-state index contributed by atoms with van der Waals surface area (Å²) in [4.78, 5) is 10.8. The van der Waals surface area contributed by atoms with Crippen LogP contribution < -0.4 is 5.73 Å². The Labute approximate surface area is 132 Å². The summed E-state index contributed by atoms with van der Waals surface area (Å²) >= 11 is 5.97. The number of nitrogens with zero attached hydrogens (tertiary/aromatic N) is 5. The van der Waals surface area contributed by atoms with Crippen LogP contribution in [0.4, 0.5) is 5.82 Å². The summed E-state index contributed by atoms with van der Waals surface area (Å²) in [5.74, 6) is 0.453. The third-order valence-electron chi connectivity index (χ3n) is 4.03. The number of rotatable bonds is 2. The van der Waals surface area contributed by atoms with E-state index in [1.54, 1.807) is 0 Å². The molecule has 6 nitrogen and oxygen atoms in total. The molecular formula is C15H15ClN6. The predicted molar refractivity (Wildman–Crippen MR) is 86.7 cm³/mol. The molecule has 1 aliphatic heterocycles. The summed E-state index contributed by atoms with van der Waals surface area (Å²) in [7, 11) is 2.09. The van der Waals surface area contributed by atoms with Gasteiger partial charge in [-0.2, -0.15) is 5.10 Å². The average Bonchev–Trinajstić information content (AvgIpc) is 2.85. The van der Waals surface area contributed by atoms with Crippen molar-refractivity contribution in [3.8, 4) is 11.3 Å². The highest BCUT2D eigenvalue weighted by atomic mass is 35.5. The molecule has 0 unspecified atom stereocenters. The van der Waals surface area contributed by atoms with Gasteiger partial charge in [0.25, 0.3) is 0 Å². The molecule has 1 fully saturated rings. The van der Waals surface area contributed by atoms with E-state index in [9.17, 15) is 0 Å². The van der Waals surface area contributed by atoms with Gasteiger partial charge < -0.3 is 10.6 Å². The smallest absolute Gasteiger partial charge is 0.164 e. The first-order chi connectivity index (χ1) is 10.6. The molecule has 0 radical (unpaired) electrons. The van der Waals surface area contributed by atoms with E-state index in [2.05, 4.69) is 21.9 Å². The third-order valence-corrected chi connectivity index (χ3v) is 4.28. The number of fused-ring (bicyclic) bond motifs is 1. The molecule has 0 saturated carbocycles. The minimum absolute atomic E-state index is 0.322. The Hall–Kier alpha value is -2.18. The lowest BCUT2D eigenvalue weighted by molar-refractivity contribution is 0.134. The first-order valence-corrected chi connectivity index (χ1v) is 7.44. The summed E-state index contributed by atoms with van der Waals surface area (Å²) in [6.45, 7) is 1.92. The molecule has 0 aliphatic carbocycles. The number of aromatic nitrogens is 4. The summed E-state index contributed by atoms with van der Waals surface area (Å²) < 4.78 is 1.97. The van der Waals surface area contributed by atoms with E-state index in [4.69, 9.17) is 22.4 Å². The van der Waals surface area contributed by atoms with Crippen LogP contribution in [0, 0.1) is 0 Å². The van der Waals surface area contributed by atoms with Gasteiger partial charge in [0.05, 0.1) is 11.4 Å². The number of likely N-dealkylation sites (N-methyl/N-ethyl adjacent to an activating group) is 1. The number of hydrogen-bond donors (Lipinski definition) is 1. The second-order valence-corrected chi connectivity index (χ2v) is 6.07. The number of nitrogens with two attached hydrogens (primary N) is 1. The monoisotopic (exact) mass is 314 g/mol. The van der Waals surface area contributed by atoms with Crippen LogP contribution in [0.1, 0.15) is 6.04 Å². The molecular weight excluding hydrogens is 300 g/mol. The van der Waals surface area contributed by atoms with Crippen LogP contribution >= 0.6 is 11.6 Å². The average molecular weight is 315 g/mol. The zero-order valence-corrected chi connectivity index (χ0v) is 12.8. The largest absolute Gasteiger partial charge is 0.383 e. The first-order valence-electron chi connectivity index (χ1n) is 7.06. The van der Waals surface area contributed by atoms with Gasteiger partial charge >= 0.3 is 0 Å². The molecule has 0 bridgehead atoms. The van der Waals surface area contributed by atoms with Crippen LogP contribution in [0.3, 0.4) is 0 Å². The first kappa shape index (κ1) is 13.5. The molecule has 112 valence electrons. The SMILES string of the molecule is CN1CC(n2nc(-c3ccc(Cl)cc3)c3c(N)ncnc32)C1. The zero-order chi connectivity index (χ0) is 15.3. The maximum atomic E-state index is 6.08. The number of benzene rings is 1. The number of halogens is 1. The Morgan fingerprint density at radius 2 is 1.91 bits per heavy atom. The van der Waals surface area contributed by atoms with Crippen molar-refractivity contribution in [1.29, 1.82) is 0 Å². The van der Waals surface area contributed by atoms with Crippen molar-refractivity contribution >= 4 is 28.5 Å². The summed E-state index contributed by atoms with van der Waals surface area (Å²) in [6.07, 6.45) is 1.49. The van der Waals surface area contributed by atoms with Crippen LogP contribution in [0.2, 0.25) is 5.02 Å². The van der Waals surface area contributed by atoms with Crippen molar-refractivity contribution in [2.45, 2.75) is 6.04 Å². The van der Waals surface area contributed by atoms with Crippen molar-refractivity contribution in [1.82, 2.24) is 24.6 Å². The molecule has 0 spiro atoms. The molecule has 2 N–H and O–H groups in total. The van der Waals surface area contributed by atoms with E-state index < -0.39 is 0 Å². The van der Waals surface area contributed by atoms with Crippen LogP contribution in [0.15, 0.2) is 30.6 Å². The van der Waals surface area contributed by atoms with Crippen molar-refractivity contribution in [2.24, 2.45) is 0 Å². The Morgan fingerprint density at radius 3 is 2.59 bits per heavy atom. The molecule has 1 aromatic carbocycles. The van der Waals surface area contributed by atoms with Crippen molar-refractivity contribution in [3.63, 3.8) is 0 Å². The highest BCUT2D eigenvalue weighted by Gasteiger charge is 2.29. The number of hydrogen-bond acceptors (Lipinski definition) is 5. The molecule has 3 heterocycles. The van der Waals surface area contributed by atoms with Crippen molar-refractivity contribution in [2.75, 3.05) is 25.9 Å². The molecule has 0 atom stereocenters. The third kappa shape index (κ3) is 2.03. The van der Waals surface area contributed by atoms with Gasteiger partial charge in [-0.3, -0.25) is 0 Å². The molecule has 4 rings (SSSR count). The summed E-state index contributed by atoms with van der Waals surface area (Å²) in [6, 6.07) is 7.89. The quantitative estimate of drug-likeness (QED) is 0.785. The van der Waals surface area contributed by atoms with Crippen LogP contribution in [-0.4, -0.2) is 44.8 Å². The van der Waals surface area contributed by atoms with Gasteiger partial charge in [-0.25, -0.2) is 14.6 Å². The van der Waals surface area contributed by atoms with Gasteiger partial charge in [-0.1, -0.05) is 23.7 Å². The Bertz CT molecular complexity index is 835. The lowest BCUT2D eigenvalue weighted by Gasteiger charge is -2.36. The second kappa shape index (κ2) is 4.93. The Morgan fingerprint density at radius 1 is 1.18 bits per heavy atom. The van der Waals surface area contributed by atoms with Gasteiger partial charge in [0.1, 0.15) is 17.8 Å². The van der Waals surface area contributed by atoms with E-state index in [0.29, 0.717) is 16.9 Å². The molecule has 0 amide bonds. The second-order valence-electron chi connectivity index (χ2n) is 5.63. The molecule has 1 aliphatic rings. The molecule has 7 heteroatoms. The standard InChI is InChI=1S/C15H15ClN6/c1-21-6-11(7-21)22-15-12(14(17)18-8-19-15)13(20-22)9-2-4-10(16)5-3-9/h2-5,8,11H,6-7H2,1H3,(H2,17,18,19). The lowest BCUT2D eigenvalue weighted by atomic mass is 10.1.